The molecule has 0 fully saturated rings. The molecule has 0 unspecified atom stereocenters. The summed E-state index contributed by atoms with van der Waals surface area (Å²) in [5.41, 5.74) is -0.988. The Balaban J connectivity index is 2.82. The number of alkyl halides is 3. The summed E-state index contributed by atoms with van der Waals surface area (Å²) < 4.78 is 42.0. The highest BCUT2D eigenvalue weighted by Gasteiger charge is 2.31. The molecule has 1 amide bonds. The van der Waals surface area contributed by atoms with Gasteiger partial charge in [-0.25, -0.2) is 4.79 Å². The Bertz CT molecular complexity index is 628. The van der Waals surface area contributed by atoms with Gasteiger partial charge in [-0.2, -0.15) is 13.2 Å². The van der Waals surface area contributed by atoms with Crippen molar-refractivity contribution < 1.29 is 37.4 Å². The van der Waals surface area contributed by atoms with Gasteiger partial charge in [-0.15, -0.1) is 0 Å². The number of ether oxygens (including phenoxy) is 1. The van der Waals surface area contributed by atoms with Crippen LogP contribution in [0.25, 0.3) is 0 Å². The molecular formula is C16H18F3NO5. The zero-order valence-electron chi connectivity index (χ0n) is 13.6. The van der Waals surface area contributed by atoms with E-state index in [1.54, 1.807) is 0 Å². The highest BCUT2D eigenvalue weighted by molar-refractivity contribution is 5.88. The van der Waals surface area contributed by atoms with Gasteiger partial charge in [-0.3, -0.25) is 4.79 Å². The molecule has 25 heavy (non-hydrogen) atoms. The van der Waals surface area contributed by atoms with Gasteiger partial charge < -0.3 is 20.0 Å². The van der Waals surface area contributed by atoms with Gasteiger partial charge in [0.1, 0.15) is 11.8 Å². The number of aliphatic hydroxyl groups excluding tert-OH is 1. The van der Waals surface area contributed by atoms with Gasteiger partial charge in [0.25, 0.3) is 5.91 Å². The van der Waals surface area contributed by atoms with Crippen LogP contribution in [0.5, 0.6) is 0 Å². The first-order valence-electron chi connectivity index (χ1n) is 7.29. The van der Waals surface area contributed by atoms with Crippen LogP contribution in [0.4, 0.5) is 13.2 Å². The van der Waals surface area contributed by atoms with Gasteiger partial charge >= 0.3 is 12.1 Å². The number of methoxy groups -OCH3 is 1. The maximum absolute atomic E-state index is 12.5. The Morgan fingerprint density at radius 1 is 1.20 bits per heavy atom. The smallest absolute Gasteiger partial charge is 0.416 e. The number of hydrogen-bond acceptors (Lipinski definition) is 5. The number of esters is 1. The Hall–Kier alpha value is -2.42. The van der Waals surface area contributed by atoms with Crippen LogP contribution in [0.1, 0.15) is 37.0 Å². The molecule has 0 bridgehead atoms. The second-order valence-corrected chi connectivity index (χ2v) is 5.35. The highest BCUT2D eigenvalue weighted by atomic mass is 19.4. The highest BCUT2D eigenvalue weighted by Crippen LogP contribution is 2.30. The summed E-state index contributed by atoms with van der Waals surface area (Å²) in [4.78, 5) is 34.7. The van der Waals surface area contributed by atoms with Crippen LogP contribution in [0.3, 0.4) is 0 Å². The number of ketones is 1. The summed E-state index contributed by atoms with van der Waals surface area (Å²) in [5.74, 6) is -1.99. The molecule has 0 saturated carbocycles. The van der Waals surface area contributed by atoms with E-state index in [9.17, 15) is 32.7 Å². The van der Waals surface area contributed by atoms with Gasteiger partial charge in [0.05, 0.1) is 12.7 Å². The number of benzene rings is 1. The lowest BCUT2D eigenvalue weighted by Gasteiger charge is -2.18. The maximum Gasteiger partial charge on any atom is 0.416 e. The van der Waals surface area contributed by atoms with Crippen LogP contribution in [0.15, 0.2) is 24.3 Å². The molecular weight excluding hydrogens is 343 g/mol. The molecule has 9 heteroatoms. The molecule has 0 spiro atoms. The van der Waals surface area contributed by atoms with E-state index in [0.29, 0.717) is 0 Å². The van der Waals surface area contributed by atoms with Crippen molar-refractivity contribution in [2.45, 2.75) is 38.1 Å². The van der Waals surface area contributed by atoms with Gasteiger partial charge in [-0.1, -0.05) is 12.1 Å². The number of hydrogen-bond donors (Lipinski definition) is 2. The van der Waals surface area contributed by atoms with Crippen molar-refractivity contribution in [1.29, 1.82) is 0 Å². The monoisotopic (exact) mass is 361 g/mol. The number of amides is 1. The topological polar surface area (TPSA) is 92.7 Å². The standard InChI is InChI=1S/C16H18F3NO5/c1-9(21)3-8-12(15(24)25-2)20-14(23)13(22)10-4-6-11(7-5-10)16(17,18)19/h4-7,12-13,22H,3,8H2,1-2H3,(H,20,23)/t12-,13-/m1/s1. The van der Waals surface area contributed by atoms with Crippen LogP contribution >= 0.6 is 0 Å². The predicted octanol–water partition coefficient (Wildman–Crippen LogP) is 1.77. The molecule has 0 radical (unpaired) electrons. The molecule has 0 aliphatic rings. The summed E-state index contributed by atoms with van der Waals surface area (Å²) in [7, 11) is 1.10. The second-order valence-electron chi connectivity index (χ2n) is 5.35. The van der Waals surface area contributed by atoms with Crippen molar-refractivity contribution in [2.75, 3.05) is 7.11 Å². The summed E-state index contributed by atoms with van der Waals surface area (Å²) in [6.45, 7) is 1.31. The van der Waals surface area contributed by atoms with E-state index in [2.05, 4.69) is 10.1 Å². The van der Waals surface area contributed by atoms with Crippen molar-refractivity contribution in [3.8, 4) is 0 Å². The van der Waals surface area contributed by atoms with E-state index in [1.807, 2.05) is 0 Å². The van der Waals surface area contributed by atoms with Gasteiger partial charge in [-0.05, 0) is 31.0 Å². The fourth-order valence-corrected chi connectivity index (χ4v) is 2.00. The van der Waals surface area contributed by atoms with Crippen LogP contribution in [-0.2, 0) is 25.3 Å². The van der Waals surface area contributed by atoms with E-state index in [1.165, 1.54) is 6.92 Å². The molecule has 2 N–H and O–H groups in total. The average molecular weight is 361 g/mol. The van der Waals surface area contributed by atoms with E-state index < -0.39 is 35.8 Å². The van der Waals surface area contributed by atoms with E-state index in [0.717, 1.165) is 31.4 Å². The molecule has 0 saturated heterocycles. The zero-order chi connectivity index (χ0) is 19.2. The third kappa shape index (κ3) is 6.18. The molecule has 138 valence electrons. The third-order valence-corrected chi connectivity index (χ3v) is 3.39. The first-order valence-corrected chi connectivity index (χ1v) is 7.29. The fourth-order valence-electron chi connectivity index (χ4n) is 2.00. The van der Waals surface area contributed by atoms with E-state index in [4.69, 9.17) is 0 Å². The first-order chi connectivity index (χ1) is 11.6. The summed E-state index contributed by atoms with van der Waals surface area (Å²) >= 11 is 0. The number of halogens is 3. The van der Waals surface area contributed by atoms with E-state index >= 15 is 0 Å². The molecule has 1 rings (SSSR count). The van der Waals surface area contributed by atoms with Gasteiger partial charge in [0, 0.05) is 6.42 Å². The van der Waals surface area contributed by atoms with Crippen LogP contribution < -0.4 is 5.32 Å². The fraction of sp³-hybridized carbons (Fsp3) is 0.438. The van der Waals surface area contributed by atoms with Crippen molar-refractivity contribution in [3.63, 3.8) is 0 Å². The number of rotatable bonds is 7. The Morgan fingerprint density at radius 2 is 1.76 bits per heavy atom. The lowest BCUT2D eigenvalue weighted by Crippen LogP contribution is -2.43. The minimum atomic E-state index is -4.53. The molecule has 2 atom stereocenters. The number of Topliss-reactive ketones (excluding diaryl/α,β-unsaturated/α-hetero) is 1. The number of carbonyl (C=O) groups excluding carboxylic acids is 3. The molecule has 1 aromatic rings. The van der Waals surface area contributed by atoms with Crippen LogP contribution in [-0.4, -0.2) is 35.9 Å². The lowest BCUT2D eigenvalue weighted by atomic mass is 10.0. The number of aliphatic hydroxyl groups is 1. The van der Waals surface area contributed by atoms with Crippen LogP contribution in [0, 0.1) is 0 Å². The molecule has 1 aromatic carbocycles. The Kier molecular flexibility index (Phi) is 7.10. The number of carbonyl (C=O) groups is 3. The van der Waals surface area contributed by atoms with E-state index in [-0.39, 0.29) is 24.2 Å². The second kappa shape index (κ2) is 8.61. The average Bonchev–Trinajstić information content (AvgIpc) is 2.56. The van der Waals surface area contributed by atoms with Crippen molar-refractivity contribution >= 4 is 17.7 Å². The summed E-state index contributed by atoms with van der Waals surface area (Å²) in [5, 5.41) is 12.2. The Morgan fingerprint density at radius 3 is 2.20 bits per heavy atom. The largest absolute Gasteiger partial charge is 0.467 e. The van der Waals surface area contributed by atoms with Crippen LogP contribution in [0.2, 0.25) is 0 Å². The first kappa shape index (κ1) is 20.6. The lowest BCUT2D eigenvalue weighted by molar-refractivity contribution is -0.146. The zero-order valence-corrected chi connectivity index (χ0v) is 13.6. The minimum absolute atomic E-state index is 0.0103. The molecule has 0 aromatic heterocycles. The summed E-state index contributed by atoms with van der Waals surface area (Å²) in [6.07, 6.45) is -6.31. The molecule has 0 aliphatic carbocycles. The third-order valence-electron chi connectivity index (χ3n) is 3.39. The maximum atomic E-state index is 12.5. The molecule has 6 nitrogen and oxygen atoms in total. The van der Waals surface area contributed by atoms with Gasteiger partial charge in [0.2, 0.25) is 0 Å². The van der Waals surface area contributed by atoms with Crippen molar-refractivity contribution in [2.24, 2.45) is 0 Å². The quantitative estimate of drug-likeness (QED) is 0.722. The van der Waals surface area contributed by atoms with Crippen molar-refractivity contribution in [3.05, 3.63) is 35.4 Å². The number of nitrogens with one attached hydrogen (secondary N) is 1. The molecule has 0 heterocycles. The predicted molar refractivity (Wildman–Crippen MR) is 80.3 cm³/mol. The normalized spacial score (nSPS) is 13.7. The van der Waals surface area contributed by atoms with Gasteiger partial charge in [0.15, 0.2) is 6.10 Å². The molecule has 0 aliphatic heterocycles. The summed E-state index contributed by atoms with van der Waals surface area (Å²) in [6, 6.07) is 2.26. The minimum Gasteiger partial charge on any atom is -0.467 e. The SMILES string of the molecule is COC(=O)[C@@H](CCC(C)=O)NC(=O)[C@H](O)c1ccc(C(F)(F)F)cc1. The Labute approximate surface area is 142 Å². The van der Waals surface area contributed by atoms with Crippen molar-refractivity contribution in [1.82, 2.24) is 5.32 Å².